The summed E-state index contributed by atoms with van der Waals surface area (Å²) in [4.78, 5) is 17.0. The molecule has 0 radical (unpaired) electrons. The molecule has 1 amide bonds. The Morgan fingerprint density at radius 3 is 2.88 bits per heavy atom. The minimum absolute atomic E-state index is 0.118. The van der Waals surface area contributed by atoms with Gasteiger partial charge in [-0.25, -0.2) is 4.98 Å². The van der Waals surface area contributed by atoms with Crippen molar-refractivity contribution in [3.63, 3.8) is 0 Å². The average Bonchev–Trinajstić information content (AvgIpc) is 2.26. The first-order valence-electron chi connectivity index (χ1n) is 5.62. The van der Waals surface area contributed by atoms with Gasteiger partial charge in [0.15, 0.2) is 0 Å². The highest BCUT2D eigenvalue weighted by Crippen LogP contribution is 2.27. The molecule has 92 valence electrons. The third-order valence-electron chi connectivity index (χ3n) is 3.02. The van der Waals surface area contributed by atoms with Gasteiger partial charge >= 0.3 is 0 Å². The van der Waals surface area contributed by atoms with E-state index in [2.05, 4.69) is 4.98 Å². The van der Waals surface area contributed by atoms with Crippen LogP contribution in [-0.4, -0.2) is 40.6 Å². The van der Waals surface area contributed by atoms with Gasteiger partial charge in [0.2, 0.25) is 5.95 Å². The van der Waals surface area contributed by atoms with Gasteiger partial charge in [0.05, 0.1) is 6.10 Å². The number of carbonyl (C=O) groups excluding carboxylic acids is 1. The van der Waals surface area contributed by atoms with Gasteiger partial charge in [0.1, 0.15) is 5.69 Å². The second-order valence-electron chi connectivity index (χ2n) is 4.52. The number of amides is 1. The molecule has 2 rings (SSSR count). The molecule has 1 aliphatic rings. The first kappa shape index (κ1) is 12.0. The Morgan fingerprint density at radius 2 is 2.29 bits per heavy atom. The average molecular weight is 238 g/mol. The second kappa shape index (κ2) is 4.79. The van der Waals surface area contributed by atoms with Crippen LogP contribution in [0.3, 0.4) is 0 Å². The Hall–Kier alpha value is -1.49. The molecule has 1 N–H and O–H groups in total. The number of pyridine rings is 1. The Kier molecular flexibility index (Phi) is 3.38. The van der Waals surface area contributed by atoms with E-state index in [1.807, 2.05) is 0 Å². The lowest BCUT2D eigenvalue weighted by Gasteiger charge is -2.34. The van der Waals surface area contributed by atoms with Crippen molar-refractivity contribution in [2.45, 2.75) is 18.9 Å². The Labute approximate surface area is 99.1 Å². The van der Waals surface area contributed by atoms with Gasteiger partial charge in [0.25, 0.3) is 5.91 Å². The Morgan fingerprint density at radius 1 is 1.59 bits per heavy atom. The number of aromatic nitrogens is 1. The number of aliphatic hydroxyl groups is 1. The van der Waals surface area contributed by atoms with Gasteiger partial charge in [-0.15, -0.1) is 0 Å². The maximum atomic E-state index is 12.9. The van der Waals surface area contributed by atoms with Gasteiger partial charge in [0, 0.05) is 13.6 Å². The first-order valence-corrected chi connectivity index (χ1v) is 5.62. The fraction of sp³-hybridized carbons (Fsp3) is 0.500. The molecule has 0 atom stereocenters. The number of nitrogens with zero attached hydrogens (tertiary/aromatic N) is 2. The van der Waals surface area contributed by atoms with Crippen LogP contribution in [0.2, 0.25) is 0 Å². The topological polar surface area (TPSA) is 53.4 Å². The number of halogens is 1. The standard InChI is InChI=1S/C12H15FN2O2/c1-15(7-8-5-9(16)6-8)12(17)10-3-2-4-11(13)14-10/h2-4,8-9,16H,5-7H2,1H3. The van der Waals surface area contributed by atoms with Crippen LogP contribution in [0.5, 0.6) is 0 Å². The van der Waals surface area contributed by atoms with Crippen molar-refractivity contribution >= 4 is 5.91 Å². The molecule has 4 nitrogen and oxygen atoms in total. The number of rotatable bonds is 3. The summed E-state index contributed by atoms with van der Waals surface area (Å²) in [5.74, 6) is -0.596. The molecular formula is C12H15FN2O2. The van der Waals surface area contributed by atoms with E-state index in [0.29, 0.717) is 12.5 Å². The first-order chi connectivity index (χ1) is 8.06. The second-order valence-corrected chi connectivity index (χ2v) is 4.52. The van der Waals surface area contributed by atoms with E-state index in [0.717, 1.165) is 12.8 Å². The molecule has 0 spiro atoms. The third kappa shape index (κ3) is 2.79. The molecular weight excluding hydrogens is 223 g/mol. The van der Waals surface area contributed by atoms with E-state index in [4.69, 9.17) is 5.11 Å². The van der Waals surface area contributed by atoms with E-state index in [-0.39, 0.29) is 17.7 Å². The minimum Gasteiger partial charge on any atom is -0.393 e. The van der Waals surface area contributed by atoms with Gasteiger partial charge < -0.3 is 10.0 Å². The number of hydrogen-bond acceptors (Lipinski definition) is 3. The lowest BCUT2D eigenvalue weighted by Crippen LogP contribution is -2.39. The van der Waals surface area contributed by atoms with Gasteiger partial charge in [-0.1, -0.05) is 6.07 Å². The van der Waals surface area contributed by atoms with Crippen molar-refractivity contribution < 1.29 is 14.3 Å². The van der Waals surface area contributed by atoms with E-state index in [9.17, 15) is 9.18 Å². The molecule has 0 aliphatic heterocycles. The molecule has 1 aromatic rings. The Bertz CT molecular complexity index is 419. The summed E-state index contributed by atoms with van der Waals surface area (Å²) in [7, 11) is 1.67. The zero-order valence-electron chi connectivity index (χ0n) is 9.64. The van der Waals surface area contributed by atoms with Crippen molar-refractivity contribution in [1.82, 2.24) is 9.88 Å². The molecule has 0 unspecified atom stereocenters. The third-order valence-corrected chi connectivity index (χ3v) is 3.02. The van der Waals surface area contributed by atoms with Crippen LogP contribution in [0.25, 0.3) is 0 Å². The zero-order valence-corrected chi connectivity index (χ0v) is 9.64. The summed E-state index contributed by atoms with van der Waals surface area (Å²) in [6, 6.07) is 4.17. The van der Waals surface area contributed by atoms with Crippen LogP contribution in [0, 0.1) is 11.9 Å². The fourth-order valence-electron chi connectivity index (χ4n) is 2.04. The normalized spacial score (nSPS) is 23.0. The summed E-state index contributed by atoms with van der Waals surface area (Å²) >= 11 is 0. The molecule has 5 heteroatoms. The molecule has 0 bridgehead atoms. The highest BCUT2D eigenvalue weighted by Gasteiger charge is 2.29. The van der Waals surface area contributed by atoms with E-state index < -0.39 is 5.95 Å². The summed E-state index contributed by atoms with van der Waals surface area (Å²) in [5.41, 5.74) is 0.118. The van der Waals surface area contributed by atoms with Crippen LogP contribution >= 0.6 is 0 Å². The smallest absolute Gasteiger partial charge is 0.272 e. The van der Waals surface area contributed by atoms with Crippen molar-refractivity contribution in [1.29, 1.82) is 0 Å². The lowest BCUT2D eigenvalue weighted by molar-refractivity contribution is 0.0263. The van der Waals surface area contributed by atoms with E-state index >= 15 is 0 Å². The van der Waals surface area contributed by atoms with Gasteiger partial charge in [-0.05, 0) is 30.9 Å². The van der Waals surface area contributed by atoms with Crippen LogP contribution in [0.15, 0.2) is 18.2 Å². The van der Waals surface area contributed by atoms with E-state index in [1.165, 1.54) is 23.1 Å². The van der Waals surface area contributed by atoms with Crippen molar-refractivity contribution in [3.8, 4) is 0 Å². The summed E-state index contributed by atoms with van der Waals surface area (Å²) in [6.45, 7) is 0.577. The predicted octanol–water partition coefficient (Wildman–Crippen LogP) is 1.06. The molecule has 1 aliphatic carbocycles. The molecule has 17 heavy (non-hydrogen) atoms. The minimum atomic E-state index is -0.650. The lowest BCUT2D eigenvalue weighted by atomic mass is 9.82. The van der Waals surface area contributed by atoms with Gasteiger partial charge in [-0.2, -0.15) is 4.39 Å². The summed E-state index contributed by atoms with van der Waals surface area (Å²) < 4.78 is 12.9. The number of hydrogen-bond donors (Lipinski definition) is 1. The van der Waals surface area contributed by atoms with Crippen LogP contribution in [0.4, 0.5) is 4.39 Å². The molecule has 1 fully saturated rings. The molecule has 1 aromatic heterocycles. The molecule has 0 aromatic carbocycles. The Balaban J connectivity index is 1.95. The maximum absolute atomic E-state index is 12.9. The van der Waals surface area contributed by atoms with Crippen molar-refractivity contribution in [2.24, 2.45) is 5.92 Å². The van der Waals surface area contributed by atoms with Crippen molar-refractivity contribution in [3.05, 3.63) is 29.8 Å². The maximum Gasteiger partial charge on any atom is 0.272 e. The van der Waals surface area contributed by atoms with Crippen molar-refractivity contribution in [2.75, 3.05) is 13.6 Å². The molecule has 1 heterocycles. The van der Waals surface area contributed by atoms with Crippen LogP contribution in [-0.2, 0) is 0 Å². The summed E-state index contributed by atoms with van der Waals surface area (Å²) in [6.07, 6.45) is 1.23. The van der Waals surface area contributed by atoms with Crippen LogP contribution < -0.4 is 0 Å². The highest BCUT2D eigenvalue weighted by atomic mass is 19.1. The largest absolute Gasteiger partial charge is 0.393 e. The quantitative estimate of drug-likeness (QED) is 0.801. The predicted molar refractivity (Wildman–Crippen MR) is 59.9 cm³/mol. The fourth-order valence-corrected chi connectivity index (χ4v) is 2.04. The van der Waals surface area contributed by atoms with E-state index in [1.54, 1.807) is 7.05 Å². The monoisotopic (exact) mass is 238 g/mol. The number of aliphatic hydroxyl groups excluding tert-OH is 1. The zero-order chi connectivity index (χ0) is 12.4. The molecule has 1 saturated carbocycles. The van der Waals surface area contributed by atoms with Gasteiger partial charge in [-0.3, -0.25) is 4.79 Å². The van der Waals surface area contributed by atoms with Crippen LogP contribution in [0.1, 0.15) is 23.3 Å². The number of carbonyl (C=O) groups is 1. The highest BCUT2D eigenvalue weighted by molar-refractivity contribution is 5.92. The molecule has 0 saturated heterocycles. The summed E-state index contributed by atoms with van der Waals surface area (Å²) in [5, 5.41) is 9.16. The SMILES string of the molecule is CN(CC1CC(O)C1)C(=O)c1cccc(F)n1.